The van der Waals surface area contributed by atoms with E-state index in [0.717, 1.165) is 12.1 Å². The highest BCUT2D eigenvalue weighted by atomic mass is 32.2. The summed E-state index contributed by atoms with van der Waals surface area (Å²) in [5, 5.41) is 2.56. The van der Waals surface area contributed by atoms with Crippen LogP contribution in [0.15, 0.2) is 47.6 Å². The smallest absolute Gasteiger partial charge is 0.265 e. The summed E-state index contributed by atoms with van der Waals surface area (Å²) in [6, 6.07) is 5.40. The van der Waals surface area contributed by atoms with E-state index >= 15 is 0 Å². The molecule has 0 atom stereocenters. The van der Waals surface area contributed by atoms with Crippen molar-refractivity contribution in [2.24, 2.45) is 0 Å². The molecule has 0 saturated heterocycles. The molecule has 0 aliphatic heterocycles. The largest absolute Gasteiger partial charge is 0.479 e. The first kappa shape index (κ1) is 22.1. The molecule has 31 heavy (non-hydrogen) atoms. The van der Waals surface area contributed by atoms with Crippen molar-refractivity contribution in [2.45, 2.75) is 18.7 Å². The number of ether oxygens (including phenoxy) is 1. The Morgan fingerprint density at radius 2 is 1.87 bits per heavy atom. The van der Waals surface area contributed by atoms with Gasteiger partial charge in [0.1, 0.15) is 28.0 Å². The number of nitrogens with zero attached hydrogens (tertiary/aromatic N) is 2. The number of hydrogen-bond donors (Lipinski definition) is 2. The third kappa shape index (κ3) is 4.77. The third-order valence-corrected chi connectivity index (χ3v) is 5.68. The molecule has 1 aromatic carbocycles. The monoisotopic (exact) mass is 448 g/mol. The molecule has 1 amide bonds. The molecule has 2 heterocycles. The number of sulfonamides is 1. The van der Waals surface area contributed by atoms with E-state index in [9.17, 15) is 22.0 Å². The zero-order chi connectivity index (χ0) is 22.8. The van der Waals surface area contributed by atoms with Gasteiger partial charge < -0.3 is 10.1 Å². The maximum Gasteiger partial charge on any atom is 0.265 e. The number of anilines is 2. The molecule has 0 aliphatic rings. The Balaban J connectivity index is 2.08. The van der Waals surface area contributed by atoms with Crippen molar-refractivity contribution in [2.75, 3.05) is 17.1 Å². The fourth-order valence-corrected chi connectivity index (χ4v) is 4.06. The molecule has 2 aromatic heterocycles. The van der Waals surface area contributed by atoms with Crippen LogP contribution in [0.5, 0.6) is 5.88 Å². The minimum Gasteiger partial charge on any atom is -0.479 e. The normalized spacial score (nSPS) is 11.1. The summed E-state index contributed by atoms with van der Waals surface area (Å²) in [5.41, 5.74) is 1.53. The van der Waals surface area contributed by atoms with Crippen LogP contribution in [0, 0.1) is 18.6 Å². The maximum absolute atomic E-state index is 14.1. The summed E-state index contributed by atoms with van der Waals surface area (Å²) >= 11 is 0. The minimum absolute atomic E-state index is 0.0124. The molecule has 0 aliphatic carbocycles. The van der Waals surface area contributed by atoms with Crippen LogP contribution in [0.25, 0.3) is 11.1 Å². The molecule has 8 nitrogen and oxygen atoms in total. The SMILES string of the molecule is COc1ncc(-c2ccnc(NC(C)=O)c2)c(C)c1NS(=O)(=O)c1ccc(F)cc1F. The number of rotatable bonds is 6. The topological polar surface area (TPSA) is 110 Å². The summed E-state index contributed by atoms with van der Waals surface area (Å²) in [6.07, 6.45) is 2.94. The highest BCUT2D eigenvalue weighted by Crippen LogP contribution is 2.35. The Bertz CT molecular complexity index is 1270. The van der Waals surface area contributed by atoms with Crippen molar-refractivity contribution in [3.05, 3.63) is 59.9 Å². The van der Waals surface area contributed by atoms with Gasteiger partial charge in [-0.15, -0.1) is 0 Å². The van der Waals surface area contributed by atoms with Gasteiger partial charge in [-0.25, -0.2) is 27.2 Å². The van der Waals surface area contributed by atoms with Gasteiger partial charge in [0.2, 0.25) is 11.8 Å². The summed E-state index contributed by atoms with van der Waals surface area (Å²) in [7, 11) is -3.12. The Morgan fingerprint density at radius 3 is 2.52 bits per heavy atom. The molecule has 3 aromatic rings. The van der Waals surface area contributed by atoms with Crippen LogP contribution in [0.1, 0.15) is 12.5 Å². The Labute approximate surface area is 177 Å². The fourth-order valence-electron chi connectivity index (χ4n) is 2.87. The fraction of sp³-hybridized carbons (Fsp3) is 0.150. The number of benzene rings is 1. The van der Waals surface area contributed by atoms with Gasteiger partial charge in [0, 0.05) is 30.9 Å². The predicted octanol–water partition coefficient (Wildman–Crippen LogP) is 3.50. The third-order valence-electron chi connectivity index (χ3n) is 4.29. The molecule has 0 saturated carbocycles. The van der Waals surface area contributed by atoms with E-state index < -0.39 is 26.6 Å². The van der Waals surface area contributed by atoms with E-state index in [1.54, 1.807) is 19.1 Å². The van der Waals surface area contributed by atoms with Gasteiger partial charge in [-0.1, -0.05) is 0 Å². The van der Waals surface area contributed by atoms with Crippen LogP contribution in [0.3, 0.4) is 0 Å². The lowest BCUT2D eigenvalue weighted by Crippen LogP contribution is -2.17. The number of hydrogen-bond acceptors (Lipinski definition) is 6. The van der Waals surface area contributed by atoms with E-state index in [-0.39, 0.29) is 17.5 Å². The van der Waals surface area contributed by atoms with Crippen LogP contribution in [-0.4, -0.2) is 31.4 Å². The first-order valence-electron chi connectivity index (χ1n) is 8.88. The van der Waals surface area contributed by atoms with E-state index in [2.05, 4.69) is 20.0 Å². The van der Waals surface area contributed by atoms with Crippen LogP contribution in [-0.2, 0) is 14.8 Å². The number of amides is 1. The van der Waals surface area contributed by atoms with E-state index in [0.29, 0.717) is 28.6 Å². The molecular weight excluding hydrogens is 430 g/mol. The average Bonchev–Trinajstić information content (AvgIpc) is 2.68. The molecule has 162 valence electrons. The lowest BCUT2D eigenvalue weighted by molar-refractivity contribution is -0.114. The molecule has 0 bridgehead atoms. The molecule has 2 N–H and O–H groups in total. The second kappa shape index (κ2) is 8.64. The molecular formula is C20H18F2N4O4S. The van der Waals surface area contributed by atoms with Crippen LogP contribution in [0.2, 0.25) is 0 Å². The number of halogens is 2. The average molecular weight is 448 g/mol. The number of aromatic nitrogens is 2. The summed E-state index contributed by atoms with van der Waals surface area (Å²) < 4.78 is 60.2. The number of methoxy groups -OCH3 is 1. The van der Waals surface area contributed by atoms with Gasteiger partial charge in [-0.3, -0.25) is 9.52 Å². The van der Waals surface area contributed by atoms with Gasteiger partial charge in [0.15, 0.2) is 0 Å². The highest BCUT2D eigenvalue weighted by Gasteiger charge is 2.24. The Kier molecular flexibility index (Phi) is 6.16. The van der Waals surface area contributed by atoms with Crippen molar-refractivity contribution < 1.29 is 26.7 Å². The quantitative estimate of drug-likeness (QED) is 0.597. The molecule has 0 radical (unpaired) electrons. The van der Waals surface area contributed by atoms with Crippen LogP contribution in [0.4, 0.5) is 20.3 Å². The van der Waals surface area contributed by atoms with Gasteiger partial charge in [-0.05, 0) is 42.3 Å². The first-order valence-corrected chi connectivity index (χ1v) is 10.4. The molecule has 0 fully saturated rings. The zero-order valence-corrected chi connectivity index (χ0v) is 17.5. The van der Waals surface area contributed by atoms with Crippen molar-refractivity contribution >= 4 is 27.4 Å². The van der Waals surface area contributed by atoms with Crippen molar-refractivity contribution in [1.29, 1.82) is 0 Å². The minimum atomic E-state index is -4.42. The van der Waals surface area contributed by atoms with Crippen molar-refractivity contribution in [1.82, 2.24) is 9.97 Å². The predicted molar refractivity (Wildman–Crippen MR) is 110 cm³/mol. The Morgan fingerprint density at radius 1 is 1.13 bits per heavy atom. The number of carbonyl (C=O) groups is 1. The second-order valence-corrected chi connectivity index (χ2v) is 8.12. The summed E-state index contributed by atoms with van der Waals surface area (Å²) in [4.78, 5) is 18.7. The molecule has 0 unspecified atom stereocenters. The molecule has 11 heteroatoms. The zero-order valence-electron chi connectivity index (χ0n) is 16.7. The van der Waals surface area contributed by atoms with Gasteiger partial charge >= 0.3 is 0 Å². The second-order valence-electron chi connectivity index (χ2n) is 6.47. The molecule has 3 rings (SSSR count). The standard InChI is InChI=1S/C20H18F2N4O4S/c1-11-15(13-6-7-23-18(8-13)25-12(2)27)10-24-20(30-3)19(11)26-31(28,29)17-5-4-14(21)9-16(17)22/h4-10,26H,1-3H3,(H,23,25,27). The van der Waals surface area contributed by atoms with Crippen molar-refractivity contribution in [3.8, 4) is 17.0 Å². The lowest BCUT2D eigenvalue weighted by Gasteiger charge is -2.17. The van der Waals surface area contributed by atoms with Crippen LogP contribution >= 0.6 is 0 Å². The summed E-state index contributed by atoms with van der Waals surface area (Å²) in [5.74, 6) is -2.17. The first-order chi connectivity index (χ1) is 14.6. The van der Waals surface area contributed by atoms with E-state index in [4.69, 9.17) is 4.74 Å². The maximum atomic E-state index is 14.1. The van der Waals surface area contributed by atoms with Gasteiger partial charge in [-0.2, -0.15) is 0 Å². The number of pyridine rings is 2. The van der Waals surface area contributed by atoms with E-state index in [1.807, 2.05) is 0 Å². The van der Waals surface area contributed by atoms with Gasteiger partial charge in [0.05, 0.1) is 7.11 Å². The number of carbonyl (C=O) groups excluding carboxylic acids is 1. The molecule has 0 spiro atoms. The Hall–Kier alpha value is -3.60. The highest BCUT2D eigenvalue weighted by molar-refractivity contribution is 7.92. The van der Waals surface area contributed by atoms with E-state index in [1.165, 1.54) is 26.4 Å². The summed E-state index contributed by atoms with van der Waals surface area (Å²) in [6.45, 7) is 2.97. The lowest BCUT2D eigenvalue weighted by atomic mass is 10.0. The van der Waals surface area contributed by atoms with Gasteiger partial charge in [0.25, 0.3) is 10.0 Å². The van der Waals surface area contributed by atoms with Crippen molar-refractivity contribution in [3.63, 3.8) is 0 Å². The van der Waals surface area contributed by atoms with Crippen LogP contribution < -0.4 is 14.8 Å². The number of nitrogens with one attached hydrogen (secondary N) is 2.